The van der Waals surface area contributed by atoms with Gasteiger partial charge in [0.05, 0.1) is 18.1 Å². The highest BCUT2D eigenvalue weighted by Gasteiger charge is 2.17. The van der Waals surface area contributed by atoms with Gasteiger partial charge in [-0.1, -0.05) is 30.3 Å². The molecule has 0 bridgehead atoms. The summed E-state index contributed by atoms with van der Waals surface area (Å²) >= 11 is 0. The van der Waals surface area contributed by atoms with Crippen LogP contribution in [0.4, 0.5) is 11.5 Å². The minimum absolute atomic E-state index is 0.00835. The molecule has 142 valence electrons. The van der Waals surface area contributed by atoms with Crippen molar-refractivity contribution < 1.29 is 14.4 Å². The summed E-state index contributed by atoms with van der Waals surface area (Å²) in [5.74, 6) is 2.16. The number of hydrogen-bond acceptors (Lipinski definition) is 7. The van der Waals surface area contributed by atoms with Crippen molar-refractivity contribution in [1.29, 1.82) is 0 Å². The molecule has 0 saturated carbocycles. The summed E-state index contributed by atoms with van der Waals surface area (Å²) in [6.07, 6.45) is 0. The number of aromatic nitrogens is 2. The fraction of sp³-hybridized carbons (Fsp3) is 0.200. The van der Waals surface area contributed by atoms with Gasteiger partial charge in [0.15, 0.2) is 5.82 Å². The Hall–Kier alpha value is -3.52. The number of morpholine rings is 1. The minimum atomic E-state index is -0.446. The van der Waals surface area contributed by atoms with Crippen LogP contribution in [0, 0.1) is 10.1 Å². The Labute approximate surface area is 161 Å². The van der Waals surface area contributed by atoms with Gasteiger partial charge >= 0.3 is 0 Å². The van der Waals surface area contributed by atoms with Gasteiger partial charge in [0.25, 0.3) is 5.69 Å². The van der Waals surface area contributed by atoms with Gasteiger partial charge in [0.1, 0.15) is 11.6 Å². The zero-order valence-corrected chi connectivity index (χ0v) is 15.0. The first kappa shape index (κ1) is 17.9. The van der Waals surface area contributed by atoms with Crippen LogP contribution in [0.3, 0.4) is 0 Å². The monoisotopic (exact) mass is 378 g/mol. The lowest BCUT2D eigenvalue weighted by Gasteiger charge is -2.28. The van der Waals surface area contributed by atoms with E-state index in [-0.39, 0.29) is 5.69 Å². The Balaban J connectivity index is 1.67. The van der Waals surface area contributed by atoms with Crippen molar-refractivity contribution in [3.63, 3.8) is 0 Å². The molecule has 1 aliphatic heterocycles. The van der Waals surface area contributed by atoms with E-state index in [1.165, 1.54) is 12.1 Å². The van der Waals surface area contributed by atoms with Gasteiger partial charge in [0.2, 0.25) is 5.88 Å². The molecule has 1 aromatic heterocycles. The molecule has 0 radical (unpaired) electrons. The molecule has 1 fully saturated rings. The molecule has 1 saturated heterocycles. The molecule has 0 amide bonds. The second-order valence-corrected chi connectivity index (χ2v) is 6.21. The lowest BCUT2D eigenvalue weighted by Crippen LogP contribution is -2.36. The van der Waals surface area contributed by atoms with E-state index >= 15 is 0 Å². The Kier molecular flexibility index (Phi) is 5.11. The van der Waals surface area contributed by atoms with Crippen molar-refractivity contribution >= 4 is 11.5 Å². The van der Waals surface area contributed by atoms with Gasteiger partial charge < -0.3 is 14.4 Å². The molecule has 2 aromatic carbocycles. The van der Waals surface area contributed by atoms with Gasteiger partial charge in [-0.05, 0) is 12.1 Å². The van der Waals surface area contributed by atoms with Crippen molar-refractivity contribution in [2.75, 3.05) is 31.2 Å². The van der Waals surface area contributed by atoms with E-state index < -0.39 is 4.92 Å². The molecule has 1 aliphatic rings. The molecule has 0 atom stereocenters. The Morgan fingerprint density at radius 2 is 1.71 bits per heavy atom. The van der Waals surface area contributed by atoms with E-state index in [0.717, 1.165) is 24.5 Å². The van der Waals surface area contributed by atoms with E-state index in [9.17, 15) is 10.1 Å². The quantitative estimate of drug-likeness (QED) is 0.494. The van der Waals surface area contributed by atoms with Gasteiger partial charge in [-0.3, -0.25) is 10.1 Å². The fourth-order valence-electron chi connectivity index (χ4n) is 2.89. The number of hydrogen-bond donors (Lipinski definition) is 0. The number of nitro groups is 1. The molecule has 3 aromatic rings. The zero-order chi connectivity index (χ0) is 19.3. The molecular formula is C20H18N4O4. The predicted octanol–water partition coefficient (Wildman–Crippen LogP) is 3.68. The third-order valence-electron chi connectivity index (χ3n) is 4.33. The van der Waals surface area contributed by atoms with Crippen LogP contribution in [0.1, 0.15) is 0 Å². The average molecular weight is 378 g/mol. The molecular weight excluding hydrogens is 360 g/mol. The maximum absolute atomic E-state index is 10.8. The second-order valence-electron chi connectivity index (χ2n) is 6.21. The molecule has 2 heterocycles. The van der Waals surface area contributed by atoms with E-state index in [1.807, 2.05) is 30.3 Å². The minimum Gasteiger partial charge on any atom is -0.439 e. The Bertz CT molecular complexity index is 958. The van der Waals surface area contributed by atoms with Crippen molar-refractivity contribution in [1.82, 2.24) is 9.97 Å². The van der Waals surface area contributed by atoms with Crippen LogP contribution < -0.4 is 9.64 Å². The summed E-state index contributed by atoms with van der Waals surface area (Å²) in [5, 5.41) is 10.8. The number of nitro benzene ring substituents is 1. The highest BCUT2D eigenvalue weighted by Crippen LogP contribution is 2.28. The molecule has 8 nitrogen and oxygen atoms in total. The molecule has 0 unspecified atom stereocenters. The van der Waals surface area contributed by atoms with Crippen LogP contribution in [0.2, 0.25) is 0 Å². The first-order valence-corrected chi connectivity index (χ1v) is 8.88. The molecule has 8 heteroatoms. The molecule has 0 spiro atoms. The summed E-state index contributed by atoms with van der Waals surface area (Å²) < 4.78 is 11.3. The van der Waals surface area contributed by atoms with Gasteiger partial charge in [-0.25, -0.2) is 4.98 Å². The largest absolute Gasteiger partial charge is 0.439 e. The smallest absolute Gasteiger partial charge is 0.269 e. The van der Waals surface area contributed by atoms with E-state index in [4.69, 9.17) is 14.5 Å². The second kappa shape index (κ2) is 8.01. The number of anilines is 1. The van der Waals surface area contributed by atoms with Crippen LogP contribution in [0.25, 0.3) is 11.4 Å². The van der Waals surface area contributed by atoms with Gasteiger partial charge in [-0.2, -0.15) is 4.98 Å². The first-order valence-electron chi connectivity index (χ1n) is 8.88. The van der Waals surface area contributed by atoms with Crippen molar-refractivity contribution in [3.05, 3.63) is 70.8 Å². The van der Waals surface area contributed by atoms with Crippen molar-refractivity contribution in [2.24, 2.45) is 0 Å². The van der Waals surface area contributed by atoms with E-state index in [0.29, 0.717) is 30.7 Å². The molecule has 4 rings (SSSR count). The number of benzene rings is 2. The van der Waals surface area contributed by atoms with Gasteiger partial charge in [-0.15, -0.1) is 0 Å². The van der Waals surface area contributed by atoms with E-state index in [1.54, 1.807) is 18.2 Å². The summed E-state index contributed by atoms with van der Waals surface area (Å²) in [7, 11) is 0. The Morgan fingerprint density at radius 1 is 1.00 bits per heavy atom. The number of ether oxygens (including phenoxy) is 2. The van der Waals surface area contributed by atoms with Crippen molar-refractivity contribution in [2.45, 2.75) is 0 Å². The molecule has 0 aliphatic carbocycles. The maximum atomic E-state index is 10.8. The molecule has 28 heavy (non-hydrogen) atoms. The number of non-ortho nitro benzene ring substituents is 1. The Morgan fingerprint density at radius 3 is 2.39 bits per heavy atom. The van der Waals surface area contributed by atoms with E-state index in [2.05, 4.69) is 9.88 Å². The third kappa shape index (κ3) is 4.07. The summed E-state index contributed by atoms with van der Waals surface area (Å²) in [6.45, 7) is 2.76. The predicted molar refractivity (Wildman–Crippen MR) is 104 cm³/mol. The van der Waals surface area contributed by atoms with Crippen LogP contribution >= 0.6 is 0 Å². The highest BCUT2D eigenvalue weighted by molar-refractivity contribution is 5.59. The summed E-state index contributed by atoms with van der Waals surface area (Å²) in [5.41, 5.74) is 0.889. The summed E-state index contributed by atoms with van der Waals surface area (Å²) in [6, 6.07) is 17.3. The lowest BCUT2D eigenvalue weighted by molar-refractivity contribution is -0.384. The first-order chi connectivity index (χ1) is 13.7. The average Bonchev–Trinajstić information content (AvgIpc) is 2.75. The standard InChI is InChI=1S/C20H18N4O4/c25-24(26)16-6-8-17(9-7-16)28-19-14-18(23-10-12-27-13-11-23)21-20(22-19)15-4-2-1-3-5-15/h1-9,14H,10-13H2. The maximum Gasteiger partial charge on any atom is 0.269 e. The van der Waals surface area contributed by atoms with Crippen LogP contribution in [-0.4, -0.2) is 41.2 Å². The molecule has 0 N–H and O–H groups in total. The van der Waals surface area contributed by atoms with Crippen LogP contribution in [0.15, 0.2) is 60.7 Å². The van der Waals surface area contributed by atoms with Crippen LogP contribution in [0.5, 0.6) is 11.6 Å². The SMILES string of the molecule is O=[N+]([O-])c1ccc(Oc2cc(N3CCOCC3)nc(-c3ccccc3)n2)cc1. The highest BCUT2D eigenvalue weighted by atomic mass is 16.6. The normalized spacial score (nSPS) is 13.9. The third-order valence-corrected chi connectivity index (χ3v) is 4.33. The zero-order valence-electron chi connectivity index (χ0n) is 15.0. The van der Waals surface area contributed by atoms with Crippen molar-refractivity contribution in [3.8, 4) is 23.0 Å². The number of rotatable bonds is 5. The lowest BCUT2D eigenvalue weighted by atomic mass is 10.2. The fourth-order valence-corrected chi connectivity index (χ4v) is 2.89. The van der Waals surface area contributed by atoms with Crippen LogP contribution in [-0.2, 0) is 4.74 Å². The summed E-state index contributed by atoms with van der Waals surface area (Å²) in [4.78, 5) is 21.7. The topological polar surface area (TPSA) is 90.6 Å². The van der Waals surface area contributed by atoms with Gasteiger partial charge in [0, 0.05) is 36.9 Å². The number of nitrogens with zero attached hydrogens (tertiary/aromatic N) is 4.